The average Bonchev–Trinajstić information content (AvgIpc) is 2.37. The third kappa shape index (κ3) is 8.96. The molecular formula is C15H30BrNO. The largest absolute Gasteiger partial charge is 0.355 e. The zero-order chi connectivity index (χ0) is 13.8. The van der Waals surface area contributed by atoms with E-state index in [0.717, 1.165) is 13.0 Å². The molecule has 18 heavy (non-hydrogen) atoms. The van der Waals surface area contributed by atoms with E-state index in [-0.39, 0.29) is 5.91 Å². The van der Waals surface area contributed by atoms with Gasteiger partial charge in [-0.1, -0.05) is 75.2 Å². The molecule has 0 bridgehead atoms. The monoisotopic (exact) mass is 319 g/mol. The van der Waals surface area contributed by atoms with Crippen LogP contribution in [0, 0.1) is 5.92 Å². The van der Waals surface area contributed by atoms with Crippen molar-refractivity contribution in [1.82, 2.24) is 5.32 Å². The molecule has 0 fully saturated rings. The number of hydrogen-bond acceptors (Lipinski definition) is 1. The molecule has 2 nitrogen and oxygen atoms in total. The minimum Gasteiger partial charge on any atom is -0.355 e. The van der Waals surface area contributed by atoms with Crippen molar-refractivity contribution in [2.24, 2.45) is 5.92 Å². The SMILES string of the molecule is CCCCCCCC(=O)NCC(Br)C(CC)CC. The molecular weight excluding hydrogens is 290 g/mol. The molecule has 0 aromatic heterocycles. The summed E-state index contributed by atoms with van der Waals surface area (Å²) in [5, 5.41) is 3.04. The van der Waals surface area contributed by atoms with E-state index in [9.17, 15) is 4.79 Å². The van der Waals surface area contributed by atoms with Crippen molar-refractivity contribution in [3.63, 3.8) is 0 Å². The third-order valence-electron chi connectivity index (χ3n) is 3.56. The van der Waals surface area contributed by atoms with Crippen LogP contribution in [0.15, 0.2) is 0 Å². The van der Waals surface area contributed by atoms with Gasteiger partial charge in [-0.25, -0.2) is 0 Å². The number of carbonyl (C=O) groups excluding carboxylic acids is 1. The van der Waals surface area contributed by atoms with Crippen LogP contribution in [0.1, 0.15) is 72.1 Å². The maximum absolute atomic E-state index is 11.6. The van der Waals surface area contributed by atoms with Crippen LogP contribution in [-0.4, -0.2) is 17.3 Å². The summed E-state index contributed by atoms with van der Waals surface area (Å²) in [6.45, 7) is 7.39. The van der Waals surface area contributed by atoms with Crippen LogP contribution in [0.5, 0.6) is 0 Å². The van der Waals surface area contributed by atoms with Gasteiger partial charge in [0.25, 0.3) is 0 Å². The van der Waals surface area contributed by atoms with Gasteiger partial charge in [-0.05, 0) is 12.3 Å². The molecule has 0 radical (unpaired) electrons. The molecule has 3 heteroatoms. The Morgan fingerprint density at radius 3 is 2.22 bits per heavy atom. The Morgan fingerprint density at radius 2 is 1.67 bits per heavy atom. The van der Waals surface area contributed by atoms with Crippen LogP contribution in [0.25, 0.3) is 0 Å². The van der Waals surface area contributed by atoms with Crippen molar-refractivity contribution in [3.8, 4) is 0 Å². The molecule has 0 spiro atoms. The maximum atomic E-state index is 11.6. The van der Waals surface area contributed by atoms with E-state index < -0.39 is 0 Å². The summed E-state index contributed by atoms with van der Waals surface area (Å²) >= 11 is 3.68. The zero-order valence-electron chi connectivity index (χ0n) is 12.3. The minimum atomic E-state index is 0.210. The topological polar surface area (TPSA) is 29.1 Å². The van der Waals surface area contributed by atoms with Crippen LogP contribution in [0.3, 0.4) is 0 Å². The lowest BCUT2D eigenvalue weighted by Crippen LogP contribution is -2.32. The Hall–Kier alpha value is -0.0500. The number of halogens is 1. The van der Waals surface area contributed by atoms with Gasteiger partial charge in [-0.15, -0.1) is 0 Å². The first-order chi connectivity index (χ1) is 8.65. The second kappa shape index (κ2) is 12.0. The highest BCUT2D eigenvalue weighted by atomic mass is 79.9. The maximum Gasteiger partial charge on any atom is 0.220 e. The summed E-state index contributed by atoms with van der Waals surface area (Å²) in [5.74, 6) is 0.872. The number of amides is 1. The van der Waals surface area contributed by atoms with E-state index in [1.165, 1.54) is 38.5 Å². The van der Waals surface area contributed by atoms with Crippen molar-refractivity contribution in [2.75, 3.05) is 6.54 Å². The Balaban J connectivity index is 3.57. The summed E-state index contributed by atoms with van der Waals surface area (Å²) in [7, 11) is 0. The van der Waals surface area contributed by atoms with Crippen molar-refractivity contribution in [2.45, 2.75) is 77.0 Å². The predicted molar refractivity (Wildman–Crippen MR) is 83.2 cm³/mol. The molecule has 0 aromatic rings. The molecule has 108 valence electrons. The van der Waals surface area contributed by atoms with Crippen LogP contribution < -0.4 is 5.32 Å². The molecule has 0 heterocycles. The third-order valence-corrected chi connectivity index (χ3v) is 4.63. The zero-order valence-corrected chi connectivity index (χ0v) is 13.9. The van der Waals surface area contributed by atoms with E-state index in [4.69, 9.17) is 0 Å². The molecule has 1 unspecified atom stereocenters. The van der Waals surface area contributed by atoms with Crippen molar-refractivity contribution in [1.29, 1.82) is 0 Å². The lowest BCUT2D eigenvalue weighted by molar-refractivity contribution is -0.121. The van der Waals surface area contributed by atoms with E-state index in [2.05, 4.69) is 42.0 Å². The van der Waals surface area contributed by atoms with Crippen LogP contribution in [0.4, 0.5) is 0 Å². The minimum absolute atomic E-state index is 0.210. The standard InChI is InChI=1S/C15H30BrNO/c1-4-7-8-9-10-11-15(18)17-12-14(16)13(5-2)6-3/h13-14H,4-12H2,1-3H3,(H,17,18). The first-order valence-electron chi connectivity index (χ1n) is 7.56. The molecule has 1 atom stereocenters. The number of carbonyl (C=O) groups is 1. The van der Waals surface area contributed by atoms with E-state index >= 15 is 0 Å². The van der Waals surface area contributed by atoms with Gasteiger partial charge in [0.05, 0.1) is 0 Å². The molecule has 1 N–H and O–H groups in total. The Kier molecular flexibility index (Phi) is 12.0. The average molecular weight is 320 g/mol. The number of rotatable bonds is 11. The summed E-state index contributed by atoms with van der Waals surface area (Å²) < 4.78 is 0. The van der Waals surface area contributed by atoms with Gasteiger partial charge in [0.2, 0.25) is 5.91 Å². The fourth-order valence-corrected chi connectivity index (χ4v) is 3.07. The Morgan fingerprint density at radius 1 is 1.06 bits per heavy atom. The number of nitrogens with one attached hydrogen (secondary N) is 1. The lowest BCUT2D eigenvalue weighted by Gasteiger charge is -2.19. The van der Waals surface area contributed by atoms with E-state index in [0.29, 0.717) is 17.2 Å². The van der Waals surface area contributed by atoms with Gasteiger partial charge >= 0.3 is 0 Å². The molecule has 1 amide bonds. The van der Waals surface area contributed by atoms with Gasteiger partial charge in [0, 0.05) is 17.8 Å². The van der Waals surface area contributed by atoms with Crippen molar-refractivity contribution >= 4 is 21.8 Å². The van der Waals surface area contributed by atoms with Gasteiger partial charge in [0.1, 0.15) is 0 Å². The van der Waals surface area contributed by atoms with Crippen LogP contribution in [0.2, 0.25) is 0 Å². The number of alkyl halides is 1. The quantitative estimate of drug-likeness (QED) is 0.435. The summed E-state index contributed by atoms with van der Waals surface area (Å²) in [4.78, 5) is 12.1. The normalized spacial score (nSPS) is 12.7. The molecule has 0 aliphatic rings. The van der Waals surface area contributed by atoms with Crippen LogP contribution in [-0.2, 0) is 4.79 Å². The van der Waals surface area contributed by atoms with Gasteiger partial charge < -0.3 is 5.32 Å². The molecule has 0 saturated carbocycles. The second-order valence-corrected chi connectivity index (χ2v) is 6.24. The second-order valence-electron chi connectivity index (χ2n) is 5.06. The smallest absolute Gasteiger partial charge is 0.220 e. The summed E-state index contributed by atoms with van der Waals surface area (Å²) in [6.07, 6.45) is 9.05. The van der Waals surface area contributed by atoms with Crippen molar-refractivity contribution < 1.29 is 4.79 Å². The number of hydrogen-bond donors (Lipinski definition) is 1. The summed E-state index contributed by atoms with van der Waals surface area (Å²) in [5.41, 5.74) is 0. The van der Waals surface area contributed by atoms with Crippen LogP contribution >= 0.6 is 15.9 Å². The first kappa shape index (κ1) is 17.9. The molecule has 0 saturated heterocycles. The summed E-state index contributed by atoms with van der Waals surface area (Å²) in [6, 6.07) is 0. The van der Waals surface area contributed by atoms with E-state index in [1.807, 2.05) is 0 Å². The lowest BCUT2D eigenvalue weighted by atomic mass is 9.99. The highest BCUT2D eigenvalue weighted by Gasteiger charge is 2.15. The fraction of sp³-hybridized carbons (Fsp3) is 0.933. The fourth-order valence-electron chi connectivity index (χ4n) is 2.16. The Labute approximate surface area is 121 Å². The Bertz CT molecular complexity index is 205. The number of unbranched alkanes of at least 4 members (excludes halogenated alkanes) is 4. The first-order valence-corrected chi connectivity index (χ1v) is 8.47. The highest BCUT2D eigenvalue weighted by Crippen LogP contribution is 2.19. The molecule has 0 aliphatic carbocycles. The van der Waals surface area contributed by atoms with Gasteiger partial charge in [0.15, 0.2) is 0 Å². The molecule has 0 aromatic carbocycles. The molecule has 0 rings (SSSR count). The highest BCUT2D eigenvalue weighted by molar-refractivity contribution is 9.09. The predicted octanol–water partition coefficient (Wildman–Crippen LogP) is 4.66. The van der Waals surface area contributed by atoms with E-state index in [1.54, 1.807) is 0 Å². The van der Waals surface area contributed by atoms with Crippen molar-refractivity contribution in [3.05, 3.63) is 0 Å². The van der Waals surface area contributed by atoms with Gasteiger partial charge in [-0.2, -0.15) is 0 Å². The van der Waals surface area contributed by atoms with Gasteiger partial charge in [-0.3, -0.25) is 4.79 Å². The molecule has 0 aliphatic heterocycles.